The predicted octanol–water partition coefficient (Wildman–Crippen LogP) is 0.543. The van der Waals surface area contributed by atoms with Gasteiger partial charge in [0.2, 0.25) is 0 Å². The molecule has 2 rings (SSSR count). The molecule has 0 radical (unpaired) electrons. The molecule has 1 aromatic rings. The summed E-state index contributed by atoms with van der Waals surface area (Å²) < 4.78 is 0. The van der Waals surface area contributed by atoms with Crippen molar-refractivity contribution in [2.45, 2.75) is 6.92 Å². The van der Waals surface area contributed by atoms with Gasteiger partial charge in [-0.1, -0.05) is 0 Å². The number of amides is 1. The number of aryl methyl sites for hydroxylation is 1. The van der Waals surface area contributed by atoms with E-state index < -0.39 is 5.97 Å². The molecule has 1 heterocycles. The van der Waals surface area contributed by atoms with Crippen molar-refractivity contribution in [1.82, 2.24) is 9.80 Å². The molecule has 2 N–H and O–H groups in total. The number of hydrogen-bond acceptors (Lipinski definition) is 4. The molecule has 1 saturated heterocycles. The average molecular weight is 278 g/mol. The number of phenols is 1. The van der Waals surface area contributed by atoms with Crippen LogP contribution in [0.1, 0.15) is 15.9 Å². The Balaban J connectivity index is 1.97. The molecule has 20 heavy (non-hydrogen) atoms. The van der Waals surface area contributed by atoms with Crippen molar-refractivity contribution in [2.75, 3.05) is 32.7 Å². The van der Waals surface area contributed by atoms with Crippen LogP contribution in [0, 0.1) is 6.92 Å². The number of carboxylic acids is 1. The number of aromatic hydroxyl groups is 1. The van der Waals surface area contributed by atoms with Gasteiger partial charge in [-0.25, -0.2) is 0 Å². The van der Waals surface area contributed by atoms with E-state index in [9.17, 15) is 14.7 Å². The van der Waals surface area contributed by atoms with Crippen LogP contribution >= 0.6 is 0 Å². The predicted molar refractivity (Wildman–Crippen MR) is 72.8 cm³/mol. The number of aliphatic carboxylic acids is 1. The van der Waals surface area contributed by atoms with Crippen LogP contribution in [0.4, 0.5) is 0 Å². The highest BCUT2D eigenvalue weighted by Crippen LogP contribution is 2.18. The Morgan fingerprint density at radius 3 is 2.40 bits per heavy atom. The second kappa shape index (κ2) is 5.92. The molecule has 108 valence electrons. The first-order valence-electron chi connectivity index (χ1n) is 6.50. The summed E-state index contributed by atoms with van der Waals surface area (Å²) in [6.07, 6.45) is 0. The van der Waals surface area contributed by atoms with Gasteiger partial charge in [-0.15, -0.1) is 0 Å². The highest BCUT2D eigenvalue weighted by Gasteiger charge is 2.23. The molecule has 1 aliphatic heterocycles. The van der Waals surface area contributed by atoms with E-state index in [0.29, 0.717) is 37.3 Å². The van der Waals surface area contributed by atoms with Crippen molar-refractivity contribution in [1.29, 1.82) is 0 Å². The van der Waals surface area contributed by atoms with E-state index >= 15 is 0 Å². The fraction of sp³-hybridized carbons (Fsp3) is 0.429. The van der Waals surface area contributed by atoms with Gasteiger partial charge >= 0.3 is 5.97 Å². The summed E-state index contributed by atoms with van der Waals surface area (Å²) in [5.74, 6) is -0.755. The molecule has 6 heteroatoms. The first kappa shape index (κ1) is 14.3. The molecule has 1 fully saturated rings. The zero-order chi connectivity index (χ0) is 14.7. The van der Waals surface area contributed by atoms with E-state index in [-0.39, 0.29) is 18.2 Å². The average Bonchev–Trinajstić information content (AvgIpc) is 2.41. The highest BCUT2D eigenvalue weighted by molar-refractivity contribution is 5.94. The molecule has 1 aliphatic rings. The minimum atomic E-state index is -0.848. The summed E-state index contributed by atoms with van der Waals surface area (Å²) >= 11 is 0. The number of piperazine rings is 1. The summed E-state index contributed by atoms with van der Waals surface area (Å²) in [6.45, 7) is 3.93. The van der Waals surface area contributed by atoms with Gasteiger partial charge < -0.3 is 15.1 Å². The number of carbonyl (C=O) groups excluding carboxylic acids is 1. The monoisotopic (exact) mass is 278 g/mol. The molecule has 6 nitrogen and oxygen atoms in total. The minimum absolute atomic E-state index is 0.0142. The summed E-state index contributed by atoms with van der Waals surface area (Å²) in [4.78, 5) is 26.5. The van der Waals surface area contributed by atoms with Gasteiger partial charge in [0, 0.05) is 31.7 Å². The second-order valence-electron chi connectivity index (χ2n) is 4.96. The maximum atomic E-state index is 12.3. The van der Waals surface area contributed by atoms with Crippen LogP contribution in [0.25, 0.3) is 0 Å². The number of carboxylic acid groups (broad SMARTS) is 1. The van der Waals surface area contributed by atoms with Gasteiger partial charge in [0.15, 0.2) is 0 Å². The number of rotatable bonds is 3. The van der Waals surface area contributed by atoms with E-state index in [2.05, 4.69) is 0 Å². The Kier molecular flexibility index (Phi) is 4.24. The third kappa shape index (κ3) is 3.27. The normalized spacial score (nSPS) is 16.1. The van der Waals surface area contributed by atoms with Crippen LogP contribution in [-0.2, 0) is 4.79 Å². The SMILES string of the molecule is Cc1cc(C(=O)N2CCN(CC(=O)O)CC2)ccc1O. The van der Waals surface area contributed by atoms with E-state index in [4.69, 9.17) is 5.11 Å². The van der Waals surface area contributed by atoms with E-state index in [0.717, 1.165) is 0 Å². The van der Waals surface area contributed by atoms with Gasteiger partial charge in [0.1, 0.15) is 5.75 Å². The van der Waals surface area contributed by atoms with Crippen molar-refractivity contribution in [2.24, 2.45) is 0 Å². The molecule has 1 amide bonds. The smallest absolute Gasteiger partial charge is 0.317 e. The van der Waals surface area contributed by atoms with Crippen LogP contribution in [0.2, 0.25) is 0 Å². The second-order valence-corrected chi connectivity index (χ2v) is 4.96. The molecular weight excluding hydrogens is 260 g/mol. The van der Waals surface area contributed by atoms with Crippen molar-refractivity contribution >= 4 is 11.9 Å². The number of hydrogen-bond donors (Lipinski definition) is 2. The Morgan fingerprint density at radius 2 is 1.85 bits per heavy atom. The Morgan fingerprint density at radius 1 is 1.20 bits per heavy atom. The van der Waals surface area contributed by atoms with Crippen LogP contribution in [0.15, 0.2) is 18.2 Å². The van der Waals surface area contributed by atoms with Crippen LogP contribution in [0.5, 0.6) is 5.75 Å². The molecule has 0 aliphatic carbocycles. The molecule has 0 atom stereocenters. The summed E-state index contributed by atoms with van der Waals surface area (Å²) in [5, 5.41) is 18.2. The maximum absolute atomic E-state index is 12.3. The van der Waals surface area contributed by atoms with E-state index in [1.54, 1.807) is 24.0 Å². The van der Waals surface area contributed by atoms with Gasteiger partial charge in [-0.05, 0) is 30.7 Å². The lowest BCUT2D eigenvalue weighted by atomic mass is 10.1. The zero-order valence-corrected chi connectivity index (χ0v) is 11.4. The first-order valence-corrected chi connectivity index (χ1v) is 6.50. The summed E-state index contributed by atoms with van der Waals surface area (Å²) in [5.41, 5.74) is 1.22. The summed E-state index contributed by atoms with van der Waals surface area (Å²) in [6, 6.07) is 4.79. The lowest BCUT2D eigenvalue weighted by Crippen LogP contribution is -2.49. The molecule has 0 unspecified atom stereocenters. The Labute approximate surface area is 117 Å². The number of benzene rings is 1. The quantitative estimate of drug-likeness (QED) is 0.843. The third-order valence-corrected chi connectivity index (χ3v) is 3.46. The molecule has 0 aromatic heterocycles. The molecule has 1 aromatic carbocycles. The largest absolute Gasteiger partial charge is 0.508 e. The molecule has 0 saturated carbocycles. The fourth-order valence-corrected chi connectivity index (χ4v) is 2.27. The highest BCUT2D eigenvalue weighted by atomic mass is 16.4. The maximum Gasteiger partial charge on any atom is 0.317 e. The number of carbonyl (C=O) groups is 2. The van der Waals surface area contributed by atoms with Crippen LogP contribution in [0.3, 0.4) is 0 Å². The van der Waals surface area contributed by atoms with Crippen LogP contribution in [-0.4, -0.2) is 64.6 Å². The van der Waals surface area contributed by atoms with Crippen molar-refractivity contribution < 1.29 is 19.8 Å². The lowest BCUT2D eigenvalue weighted by molar-refractivity contribution is -0.138. The lowest BCUT2D eigenvalue weighted by Gasteiger charge is -2.33. The standard InChI is InChI=1S/C14H18N2O4/c1-10-8-11(2-3-12(10)17)14(20)16-6-4-15(5-7-16)9-13(18)19/h2-3,8,17H,4-7,9H2,1H3,(H,18,19). The zero-order valence-electron chi connectivity index (χ0n) is 11.4. The number of nitrogens with zero attached hydrogens (tertiary/aromatic N) is 2. The summed E-state index contributed by atoms with van der Waals surface area (Å²) in [7, 11) is 0. The van der Waals surface area contributed by atoms with Crippen LogP contribution < -0.4 is 0 Å². The van der Waals surface area contributed by atoms with Gasteiger partial charge in [0.25, 0.3) is 5.91 Å². The van der Waals surface area contributed by atoms with Crippen molar-refractivity contribution in [3.63, 3.8) is 0 Å². The van der Waals surface area contributed by atoms with Gasteiger partial charge in [-0.2, -0.15) is 0 Å². The third-order valence-electron chi connectivity index (χ3n) is 3.46. The van der Waals surface area contributed by atoms with Gasteiger partial charge in [-0.3, -0.25) is 14.5 Å². The van der Waals surface area contributed by atoms with Crippen molar-refractivity contribution in [3.05, 3.63) is 29.3 Å². The molecular formula is C14H18N2O4. The Bertz CT molecular complexity index is 522. The van der Waals surface area contributed by atoms with Crippen molar-refractivity contribution in [3.8, 4) is 5.75 Å². The molecule has 0 spiro atoms. The fourth-order valence-electron chi connectivity index (χ4n) is 2.27. The topological polar surface area (TPSA) is 81.1 Å². The van der Waals surface area contributed by atoms with E-state index in [1.165, 1.54) is 6.07 Å². The number of phenolic OH excluding ortho intramolecular Hbond substituents is 1. The molecule has 0 bridgehead atoms. The Hall–Kier alpha value is -2.08. The minimum Gasteiger partial charge on any atom is -0.508 e. The van der Waals surface area contributed by atoms with Gasteiger partial charge in [0.05, 0.1) is 6.54 Å². The van der Waals surface area contributed by atoms with E-state index in [1.807, 2.05) is 4.90 Å². The first-order chi connectivity index (χ1) is 9.47.